The van der Waals surface area contributed by atoms with Crippen molar-refractivity contribution < 1.29 is 22.3 Å². The van der Waals surface area contributed by atoms with Crippen LogP contribution in [0.5, 0.6) is 5.88 Å². The van der Waals surface area contributed by atoms with E-state index in [0.29, 0.717) is 47.8 Å². The van der Waals surface area contributed by atoms with Crippen molar-refractivity contribution in [2.45, 2.75) is 77.6 Å². The summed E-state index contributed by atoms with van der Waals surface area (Å²) in [5.41, 5.74) is 2.52. The molecule has 0 aliphatic carbocycles. The van der Waals surface area contributed by atoms with Crippen LogP contribution in [-0.4, -0.2) is 80.2 Å². The maximum absolute atomic E-state index is 14.9. The molecule has 13 heteroatoms. The lowest BCUT2D eigenvalue weighted by Crippen LogP contribution is -2.25. The second-order valence-corrected chi connectivity index (χ2v) is 19.7. The molecule has 1 N–H and O–H groups in total. The zero-order chi connectivity index (χ0) is 31.8. The van der Waals surface area contributed by atoms with Gasteiger partial charge in [-0.25, -0.2) is 22.5 Å². The second-order valence-electron chi connectivity index (χ2n) is 12.0. The van der Waals surface area contributed by atoms with Crippen molar-refractivity contribution in [3.05, 3.63) is 41.8 Å². The Morgan fingerprint density at radius 2 is 1.86 bits per heavy atom. The quantitative estimate of drug-likeness (QED) is 0.138. The number of rotatable bonds is 17. The highest BCUT2D eigenvalue weighted by Gasteiger charge is 2.25. The summed E-state index contributed by atoms with van der Waals surface area (Å²) < 4.78 is 54.3. The lowest BCUT2D eigenvalue weighted by atomic mass is 9.94. The number of sulfone groups is 1. The molecule has 0 aliphatic heterocycles. The van der Waals surface area contributed by atoms with Crippen molar-refractivity contribution in [3.63, 3.8) is 0 Å². The molecule has 0 saturated heterocycles. The third-order valence-electron chi connectivity index (χ3n) is 7.17. The molecule has 238 valence electrons. The normalized spacial score (nSPS) is 12.3. The van der Waals surface area contributed by atoms with Gasteiger partial charge in [-0.2, -0.15) is 4.98 Å². The largest absolute Gasteiger partial charge is 0.481 e. The van der Waals surface area contributed by atoms with Gasteiger partial charge in [-0.1, -0.05) is 47.3 Å². The number of anilines is 2. The van der Waals surface area contributed by atoms with Crippen LogP contribution in [0.15, 0.2) is 35.6 Å². The predicted octanol–water partition coefficient (Wildman–Crippen LogP) is 6.17. The fourth-order valence-corrected chi connectivity index (χ4v) is 6.42. The number of aromatic nitrogens is 4. The molecule has 1 aromatic carbocycles. The van der Waals surface area contributed by atoms with Gasteiger partial charge in [0.15, 0.2) is 0 Å². The number of nitrogens with one attached hydrogen (secondary N) is 1. The van der Waals surface area contributed by atoms with Gasteiger partial charge in [-0.3, -0.25) is 0 Å². The highest BCUT2D eigenvalue weighted by atomic mass is 32.2. The van der Waals surface area contributed by atoms with E-state index >= 15 is 0 Å². The first-order chi connectivity index (χ1) is 20.3. The minimum absolute atomic E-state index is 0.0192. The van der Waals surface area contributed by atoms with E-state index in [0.717, 1.165) is 19.1 Å². The summed E-state index contributed by atoms with van der Waals surface area (Å²) in [6.45, 7) is 17.8. The van der Waals surface area contributed by atoms with Crippen LogP contribution in [0.25, 0.3) is 11.1 Å². The van der Waals surface area contributed by atoms with Gasteiger partial charge in [0.25, 0.3) is 5.16 Å². The highest BCUT2D eigenvalue weighted by Crippen LogP contribution is 2.38. The number of ether oxygens (including phenoxy) is 2. The number of methoxy groups -OCH3 is 1. The van der Waals surface area contributed by atoms with Crippen molar-refractivity contribution in [2.24, 2.45) is 0 Å². The zero-order valence-corrected chi connectivity index (χ0v) is 28.6. The maximum Gasteiger partial charge on any atom is 0.268 e. The van der Waals surface area contributed by atoms with Gasteiger partial charge in [0, 0.05) is 32.5 Å². The van der Waals surface area contributed by atoms with E-state index in [2.05, 4.69) is 58.8 Å². The van der Waals surface area contributed by atoms with E-state index in [1.165, 1.54) is 23.9 Å². The fourth-order valence-electron chi connectivity index (χ4n) is 4.53. The van der Waals surface area contributed by atoms with Gasteiger partial charge in [-0.05, 0) is 67.3 Å². The Kier molecular flexibility index (Phi) is 12.3. The Morgan fingerprint density at radius 3 is 2.49 bits per heavy atom. The molecule has 0 saturated carbocycles. The molecule has 0 bridgehead atoms. The van der Waals surface area contributed by atoms with Crippen LogP contribution >= 0.6 is 0 Å². The molecular formula is C30H47FN6O4SSi. The molecule has 0 atom stereocenters. The topological polar surface area (TPSA) is 111 Å². The van der Waals surface area contributed by atoms with E-state index in [-0.39, 0.29) is 29.5 Å². The second kappa shape index (κ2) is 15.2. The Labute approximate surface area is 257 Å². The van der Waals surface area contributed by atoms with Gasteiger partial charge in [0.05, 0.1) is 18.6 Å². The highest BCUT2D eigenvalue weighted by molar-refractivity contribution is 7.91. The van der Waals surface area contributed by atoms with Crippen molar-refractivity contribution in [3.8, 4) is 17.0 Å². The number of nitrogens with zero attached hydrogens (tertiary/aromatic N) is 5. The lowest BCUT2D eigenvalue weighted by molar-refractivity contribution is 0.0792. The minimum Gasteiger partial charge on any atom is -0.481 e. The van der Waals surface area contributed by atoms with Crippen LogP contribution in [0.4, 0.5) is 16.0 Å². The first-order valence-corrected chi connectivity index (χ1v) is 20.2. The summed E-state index contributed by atoms with van der Waals surface area (Å²) in [7, 11) is -3.59. The van der Waals surface area contributed by atoms with Crippen LogP contribution in [0.2, 0.25) is 25.7 Å². The molecule has 0 radical (unpaired) electrons. The monoisotopic (exact) mass is 634 g/mol. The third kappa shape index (κ3) is 9.82. The average molecular weight is 635 g/mol. The third-order valence-corrected chi connectivity index (χ3v) is 10.4. The smallest absolute Gasteiger partial charge is 0.268 e. The average Bonchev–Trinajstić information content (AvgIpc) is 3.37. The standard InChI is InChI=1S/C30H47FN6O4SSi/c1-9-36(10-2)14-11-16-42(38,39)30-34-29(37(35-30)21-41-15-17-43(6,7)8)33-28-25(22(3)4)19-24(31)20-26(28)23-12-13-32-27(18-23)40-5/h12-13,18-20,22H,9-11,14-17,21H2,1-8H3,(H,33,34,35). The molecule has 10 nitrogen and oxygen atoms in total. The number of hydrogen-bond donors (Lipinski definition) is 1. The summed E-state index contributed by atoms with van der Waals surface area (Å²) in [6.07, 6.45) is 2.06. The Bertz CT molecular complexity index is 1460. The van der Waals surface area contributed by atoms with Crippen molar-refractivity contribution in [2.75, 3.05) is 44.4 Å². The molecule has 0 amide bonds. The lowest BCUT2D eigenvalue weighted by Gasteiger charge is -2.20. The number of pyridine rings is 1. The molecule has 0 unspecified atom stereocenters. The number of benzene rings is 1. The van der Waals surface area contributed by atoms with Crippen LogP contribution < -0.4 is 10.1 Å². The van der Waals surface area contributed by atoms with Crippen LogP contribution in [0, 0.1) is 5.82 Å². The summed E-state index contributed by atoms with van der Waals surface area (Å²) in [5.74, 6) is 0.0576. The van der Waals surface area contributed by atoms with E-state index in [9.17, 15) is 12.8 Å². The molecule has 0 spiro atoms. The zero-order valence-electron chi connectivity index (χ0n) is 26.8. The van der Waals surface area contributed by atoms with Gasteiger partial charge in [0.2, 0.25) is 21.7 Å². The molecule has 2 heterocycles. The van der Waals surface area contributed by atoms with E-state index in [4.69, 9.17) is 9.47 Å². The molecule has 2 aromatic heterocycles. The summed E-state index contributed by atoms with van der Waals surface area (Å²) in [4.78, 5) is 10.8. The van der Waals surface area contributed by atoms with E-state index < -0.39 is 23.7 Å². The molecule has 43 heavy (non-hydrogen) atoms. The molecule has 0 fully saturated rings. The van der Waals surface area contributed by atoms with Gasteiger partial charge >= 0.3 is 0 Å². The van der Waals surface area contributed by atoms with E-state index in [1.54, 1.807) is 18.3 Å². The molecule has 0 aliphatic rings. The summed E-state index contributed by atoms with van der Waals surface area (Å²) in [6, 6.07) is 7.34. The van der Waals surface area contributed by atoms with Gasteiger partial charge in [0.1, 0.15) is 12.5 Å². The molecular weight excluding hydrogens is 588 g/mol. The maximum atomic E-state index is 14.9. The van der Waals surface area contributed by atoms with Crippen molar-refractivity contribution >= 4 is 29.5 Å². The SMILES string of the molecule is CCN(CC)CCCS(=O)(=O)c1nc(Nc2c(-c3ccnc(OC)c3)cc(F)cc2C(C)C)n(COCC[Si](C)(C)C)n1. The van der Waals surface area contributed by atoms with Gasteiger partial charge < -0.3 is 19.7 Å². The molecule has 3 rings (SSSR count). The first-order valence-electron chi connectivity index (χ1n) is 14.9. The predicted molar refractivity (Wildman–Crippen MR) is 172 cm³/mol. The Morgan fingerprint density at radius 1 is 1.14 bits per heavy atom. The van der Waals surface area contributed by atoms with Gasteiger partial charge in [-0.15, -0.1) is 5.10 Å². The summed E-state index contributed by atoms with van der Waals surface area (Å²) in [5, 5.41) is 7.45. The number of halogens is 1. The minimum atomic E-state index is -3.77. The van der Waals surface area contributed by atoms with Crippen LogP contribution in [-0.2, 0) is 21.3 Å². The van der Waals surface area contributed by atoms with Crippen LogP contribution in [0.1, 0.15) is 45.6 Å². The Hall–Kier alpha value is -2.87. The fraction of sp³-hybridized carbons (Fsp3) is 0.567. The summed E-state index contributed by atoms with van der Waals surface area (Å²) >= 11 is 0. The van der Waals surface area contributed by atoms with Crippen molar-refractivity contribution in [1.29, 1.82) is 0 Å². The first kappa shape index (κ1) is 34.6. The van der Waals surface area contributed by atoms with Crippen molar-refractivity contribution in [1.82, 2.24) is 24.6 Å². The van der Waals surface area contributed by atoms with E-state index in [1.807, 2.05) is 13.8 Å². The van der Waals surface area contributed by atoms with Crippen LogP contribution in [0.3, 0.4) is 0 Å². The Balaban J connectivity index is 2.04. The molecule has 3 aromatic rings. The number of hydrogen-bond acceptors (Lipinski definition) is 9.